The van der Waals surface area contributed by atoms with Crippen LogP contribution in [0.5, 0.6) is 0 Å². The Morgan fingerprint density at radius 1 is 1.42 bits per heavy atom. The summed E-state index contributed by atoms with van der Waals surface area (Å²) in [5, 5.41) is 4.70. The Labute approximate surface area is 146 Å². The minimum Gasteiger partial charge on any atom is -0.451 e. The van der Waals surface area contributed by atoms with Crippen LogP contribution in [0.4, 0.5) is 0 Å². The van der Waals surface area contributed by atoms with Crippen molar-refractivity contribution in [2.75, 3.05) is 0 Å². The molecule has 0 saturated heterocycles. The molecule has 0 aliphatic heterocycles. The van der Waals surface area contributed by atoms with E-state index < -0.39 is 12.1 Å². The summed E-state index contributed by atoms with van der Waals surface area (Å²) in [6.07, 6.45) is 2.38. The van der Waals surface area contributed by atoms with Gasteiger partial charge in [-0.05, 0) is 32.1 Å². The third kappa shape index (κ3) is 4.47. The fraction of sp³-hybridized carbons (Fsp3) is 0.706. The van der Waals surface area contributed by atoms with E-state index in [2.05, 4.69) is 19.2 Å². The largest absolute Gasteiger partial charge is 0.451 e. The number of hydrogen-bond donors (Lipinski definition) is 1. The van der Waals surface area contributed by atoms with Crippen LogP contribution in [0.1, 0.15) is 45.7 Å². The van der Waals surface area contributed by atoms with Crippen molar-refractivity contribution in [2.24, 2.45) is 11.8 Å². The Morgan fingerprint density at radius 3 is 2.75 bits per heavy atom. The summed E-state index contributed by atoms with van der Waals surface area (Å²) >= 11 is 1.04. The molecular weight excluding hydrogens is 328 g/mol. The zero-order valence-electron chi connectivity index (χ0n) is 14.7. The lowest BCUT2D eigenvalue weighted by Gasteiger charge is -2.35. The smallest absolute Gasteiger partial charge is 0.326 e. The highest BCUT2D eigenvalue weighted by atomic mass is 32.1. The number of carbonyl (C=O) groups excluding carboxylic acids is 2. The molecule has 0 aromatic carbocycles. The van der Waals surface area contributed by atoms with E-state index in [9.17, 15) is 14.4 Å². The standard InChI is InChI=1S/C17H26N2O4S/c1-10-6-5-7-14(12(10)3)18-16(21)13(4)23-15(20)8-19-11(2)9-24-17(19)22/h9-10,12-14H,5-8H2,1-4H3,(H,18,21)/t10-,12-,13-,14+/m0/s1. The molecule has 0 unspecified atom stereocenters. The topological polar surface area (TPSA) is 77.4 Å². The SMILES string of the molecule is Cc1csc(=O)n1CC(=O)O[C@@H](C)C(=O)N[C@@H]1CCC[C@H](C)[C@@H]1C. The quantitative estimate of drug-likeness (QED) is 0.822. The van der Waals surface area contributed by atoms with E-state index in [1.807, 2.05) is 0 Å². The van der Waals surface area contributed by atoms with Gasteiger partial charge in [0.25, 0.3) is 5.91 Å². The number of aryl methyl sites for hydroxylation is 1. The predicted molar refractivity (Wildman–Crippen MR) is 93.0 cm³/mol. The van der Waals surface area contributed by atoms with E-state index in [1.165, 1.54) is 11.0 Å². The first kappa shape index (κ1) is 18.7. The van der Waals surface area contributed by atoms with Gasteiger partial charge in [0.05, 0.1) is 0 Å². The summed E-state index contributed by atoms with van der Waals surface area (Å²) in [5.41, 5.74) is 0.712. The highest BCUT2D eigenvalue weighted by molar-refractivity contribution is 7.07. The number of thiazole rings is 1. The van der Waals surface area contributed by atoms with Crippen molar-refractivity contribution in [3.8, 4) is 0 Å². The fourth-order valence-corrected chi connectivity index (χ4v) is 3.83. The Hall–Kier alpha value is -1.63. The first-order valence-electron chi connectivity index (χ1n) is 8.44. The average molecular weight is 354 g/mol. The number of aromatic nitrogens is 1. The van der Waals surface area contributed by atoms with Gasteiger partial charge in [0.2, 0.25) is 0 Å². The number of ether oxygens (including phenoxy) is 1. The normalized spacial score (nSPS) is 25.1. The predicted octanol–water partition coefficient (Wildman–Crippen LogP) is 2.09. The first-order valence-corrected chi connectivity index (χ1v) is 9.32. The van der Waals surface area contributed by atoms with Gasteiger partial charge in [-0.2, -0.15) is 0 Å². The second-order valence-electron chi connectivity index (χ2n) is 6.74. The number of rotatable bonds is 5. The van der Waals surface area contributed by atoms with Crippen molar-refractivity contribution < 1.29 is 14.3 Å². The number of amides is 1. The van der Waals surface area contributed by atoms with Gasteiger partial charge < -0.3 is 10.1 Å². The van der Waals surface area contributed by atoms with Crippen molar-refractivity contribution in [3.63, 3.8) is 0 Å². The van der Waals surface area contributed by atoms with Crippen molar-refractivity contribution in [2.45, 2.75) is 65.6 Å². The molecule has 1 N–H and O–H groups in total. The Kier molecular flexibility index (Phi) is 6.21. The lowest BCUT2D eigenvalue weighted by atomic mass is 9.78. The summed E-state index contributed by atoms with van der Waals surface area (Å²) in [6, 6.07) is 0.129. The van der Waals surface area contributed by atoms with Crippen LogP contribution >= 0.6 is 11.3 Å². The molecule has 134 valence electrons. The highest BCUT2D eigenvalue weighted by Crippen LogP contribution is 2.29. The minimum absolute atomic E-state index is 0.129. The molecule has 0 radical (unpaired) electrons. The molecule has 1 fully saturated rings. The van der Waals surface area contributed by atoms with Crippen LogP contribution in [0.25, 0.3) is 0 Å². The maximum atomic E-state index is 12.3. The van der Waals surface area contributed by atoms with E-state index in [0.29, 0.717) is 17.5 Å². The van der Waals surface area contributed by atoms with Gasteiger partial charge in [-0.25, -0.2) is 0 Å². The molecule has 24 heavy (non-hydrogen) atoms. The van der Waals surface area contributed by atoms with Crippen LogP contribution in [0.3, 0.4) is 0 Å². The zero-order chi connectivity index (χ0) is 17.9. The van der Waals surface area contributed by atoms with E-state index in [0.717, 1.165) is 24.2 Å². The fourth-order valence-electron chi connectivity index (χ4n) is 3.10. The second kappa shape index (κ2) is 7.96. The number of carbonyl (C=O) groups is 2. The molecule has 6 nitrogen and oxygen atoms in total. The highest BCUT2D eigenvalue weighted by Gasteiger charge is 2.30. The number of nitrogens with zero attached hydrogens (tertiary/aromatic N) is 1. The van der Waals surface area contributed by atoms with Gasteiger partial charge in [0.15, 0.2) is 6.10 Å². The van der Waals surface area contributed by atoms with Gasteiger partial charge in [-0.3, -0.25) is 19.0 Å². The van der Waals surface area contributed by atoms with Crippen LogP contribution in [-0.4, -0.2) is 28.6 Å². The van der Waals surface area contributed by atoms with E-state index in [-0.39, 0.29) is 23.4 Å². The lowest BCUT2D eigenvalue weighted by Crippen LogP contribution is -2.47. The molecule has 1 aliphatic rings. The summed E-state index contributed by atoms with van der Waals surface area (Å²) in [4.78, 5) is 35.7. The maximum absolute atomic E-state index is 12.3. The molecule has 2 rings (SSSR count). The van der Waals surface area contributed by atoms with Gasteiger partial charge in [-0.1, -0.05) is 38.0 Å². The van der Waals surface area contributed by atoms with Crippen LogP contribution in [0.15, 0.2) is 10.2 Å². The lowest BCUT2D eigenvalue weighted by molar-refractivity contribution is -0.155. The second-order valence-corrected chi connectivity index (χ2v) is 7.56. The Morgan fingerprint density at radius 2 is 2.12 bits per heavy atom. The Bertz CT molecular complexity index is 651. The van der Waals surface area contributed by atoms with Gasteiger partial charge in [0.1, 0.15) is 6.54 Å². The van der Waals surface area contributed by atoms with Crippen molar-refractivity contribution >= 4 is 23.2 Å². The Balaban J connectivity index is 1.87. The van der Waals surface area contributed by atoms with Crippen LogP contribution in [0.2, 0.25) is 0 Å². The van der Waals surface area contributed by atoms with Crippen LogP contribution < -0.4 is 10.2 Å². The molecule has 4 atom stereocenters. The summed E-state index contributed by atoms with van der Waals surface area (Å²) in [5.74, 6) is 0.142. The first-order chi connectivity index (χ1) is 11.3. The monoisotopic (exact) mass is 354 g/mol. The number of nitrogens with one attached hydrogen (secondary N) is 1. The third-order valence-corrected chi connectivity index (χ3v) is 5.86. The average Bonchev–Trinajstić information content (AvgIpc) is 2.83. The van der Waals surface area contributed by atoms with Crippen LogP contribution in [0, 0.1) is 18.8 Å². The molecule has 1 aliphatic carbocycles. The van der Waals surface area contributed by atoms with E-state index in [4.69, 9.17) is 4.74 Å². The molecular formula is C17H26N2O4S. The molecule has 0 spiro atoms. The number of hydrogen-bond acceptors (Lipinski definition) is 5. The van der Waals surface area contributed by atoms with Crippen molar-refractivity contribution in [1.82, 2.24) is 9.88 Å². The minimum atomic E-state index is -0.864. The molecule has 0 bridgehead atoms. The molecule has 1 aromatic heterocycles. The van der Waals surface area contributed by atoms with Crippen molar-refractivity contribution in [1.29, 1.82) is 0 Å². The summed E-state index contributed by atoms with van der Waals surface area (Å²) < 4.78 is 6.54. The molecule has 1 heterocycles. The van der Waals surface area contributed by atoms with Crippen molar-refractivity contribution in [3.05, 3.63) is 20.7 Å². The zero-order valence-corrected chi connectivity index (χ0v) is 15.5. The molecule has 1 aromatic rings. The van der Waals surface area contributed by atoms with Gasteiger partial charge in [-0.15, -0.1) is 0 Å². The van der Waals surface area contributed by atoms with Crippen LogP contribution in [-0.2, 0) is 20.9 Å². The summed E-state index contributed by atoms with van der Waals surface area (Å²) in [7, 11) is 0. The molecule has 1 amide bonds. The van der Waals surface area contributed by atoms with E-state index in [1.54, 1.807) is 19.2 Å². The van der Waals surface area contributed by atoms with Gasteiger partial charge in [0, 0.05) is 17.1 Å². The van der Waals surface area contributed by atoms with Gasteiger partial charge >= 0.3 is 10.8 Å². The molecule has 1 saturated carbocycles. The van der Waals surface area contributed by atoms with E-state index >= 15 is 0 Å². The molecule has 7 heteroatoms. The maximum Gasteiger partial charge on any atom is 0.326 e. The number of esters is 1. The summed E-state index contributed by atoms with van der Waals surface area (Å²) in [6.45, 7) is 7.51. The third-order valence-electron chi connectivity index (χ3n) is 4.98.